The zero-order valence-corrected chi connectivity index (χ0v) is 24.8. The van der Waals surface area contributed by atoms with Crippen LogP contribution in [0.3, 0.4) is 0 Å². The SMILES string of the molecule is Cc1c(-c2ccc(Br)s2)sc2c1sc1c2sc2c3sc(-c4ccc(Br)s4)c(C)c3sc21. The molecule has 0 aliphatic carbocycles. The summed E-state index contributed by atoms with van der Waals surface area (Å²) in [4.78, 5) is 5.59. The molecular formula is C22H10Br2S7. The number of hydrogen-bond donors (Lipinski definition) is 0. The van der Waals surface area contributed by atoms with Gasteiger partial charge in [0, 0.05) is 19.5 Å². The van der Waals surface area contributed by atoms with Crippen LogP contribution in [0.15, 0.2) is 31.8 Å². The Morgan fingerprint density at radius 2 is 0.806 bits per heavy atom. The molecule has 0 aliphatic rings. The van der Waals surface area contributed by atoms with E-state index in [1.807, 2.05) is 79.4 Å². The second kappa shape index (κ2) is 7.20. The molecule has 0 N–H and O–H groups in total. The Morgan fingerprint density at radius 1 is 0.452 bits per heavy atom. The fourth-order valence-corrected chi connectivity index (χ4v) is 14.7. The second-order valence-corrected chi connectivity index (χ2v) is 17.3. The van der Waals surface area contributed by atoms with Crippen molar-refractivity contribution >= 4 is 149 Å². The molecule has 0 saturated heterocycles. The minimum Gasteiger partial charge on any atom is -0.132 e. The van der Waals surface area contributed by atoms with E-state index < -0.39 is 0 Å². The van der Waals surface area contributed by atoms with Crippen LogP contribution in [-0.4, -0.2) is 0 Å². The van der Waals surface area contributed by atoms with E-state index in [0.29, 0.717) is 0 Å². The monoisotopic (exact) mass is 656 g/mol. The van der Waals surface area contributed by atoms with Gasteiger partial charge < -0.3 is 0 Å². The van der Waals surface area contributed by atoms with Crippen molar-refractivity contribution in [3.63, 3.8) is 0 Å². The Hall–Kier alpha value is -0.100. The molecular weight excluding hydrogens is 649 g/mol. The van der Waals surface area contributed by atoms with E-state index in [9.17, 15) is 0 Å². The van der Waals surface area contributed by atoms with Crippen LogP contribution in [0.2, 0.25) is 0 Å². The van der Waals surface area contributed by atoms with Crippen molar-refractivity contribution < 1.29 is 0 Å². The van der Waals surface area contributed by atoms with E-state index >= 15 is 0 Å². The normalized spacial score (nSPS) is 12.5. The summed E-state index contributed by atoms with van der Waals surface area (Å²) in [7, 11) is 0. The lowest BCUT2D eigenvalue weighted by Gasteiger charge is -1.94. The van der Waals surface area contributed by atoms with E-state index in [-0.39, 0.29) is 0 Å². The van der Waals surface area contributed by atoms with Gasteiger partial charge in [0.1, 0.15) is 0 Å². The summed E-state index contributed by atoms with van der Waals surface area (Å²) in [6, 6.07) is 8.79. The standard InChI is InChI=1S/C22H10Br2S7/c1-7-13(9-3-5-11(23)25-9)27-17-15(7)29-21-19(17)31-20-18-16(30-22(20)21)8(2)14(28-18)10-4-6-12(24)26-10/h3-6H,1-2H3. The number of hydrogen-bond acceptors (Lipinski definition) is 7. The smallest absolute Gasteiger partial charge is 0.0705 e. The van der Waals surface area contributed by atoms with Gasteiger partial charge in [-0.2, -0.15) is 0 Å². The molecule has 0 atom stereocenters. The minimum atomic E-state index is 1.20. The van der Waals surface area contributed by atoms with Crippen LogP contribution in [0.5, 0.6) is 0 Å². The molecule has 0 unspecified atom stereocenters. The highest BCUT2D eigenvalue weighted by molar-refractivity contribution is 9.11. The topological polar surface area (TPSA) is 0 Å². The number of fused-ring (bicyclic) bond motifs is 7. The maximum atomic E-state index is 3.62. The third kappa shape index (κ3) is 2.88. The van der Waals surface area contributed by atoms with Crippen LogP contribution in [0.1, 0.15) is 11.1 Å². The first-order valence-electron chi connectivity index (χ1n) is 9.31. The average molecular weight is 659 g/mol. The van der Waals surface area contributed by atoms with E-state index in [4.69, 9.17) is 0 Å². The lowest BCUT2D eigenvalue weighted by molar-refractivity contribution is 1.62. The van der Waals surface area contributed by atoms with Crippen molar-refractivity contribution in [3.05, 3.63) is 43.0 Å². The molecule has 0 aromatic carbocycles. The second-order valence-electron chi connectivity index (χ2n) is 7.26. The van der Waals surface area contributed by atoms with Crippen molar-refractivity contribution in [1.82, 2.24) is 0 Å². The first-order valence-corrected chi connectivity index (χ1v) is 16.6. The molecule has 7 heterocycles. The van der Waals surface area contributed by atoms with Gasteiger partial charge >= 0.3 is 0 Å². The Bertz CT molecular complexity index is 1660. The molecule has 0 bridgehead atoms. The number of halogens is 2. The Balaban J connectivity index is 1.48. The van der Waals surface area contributed by atoms with Crippen LogP contribution >= 0.6 is 111 Å². The van der Waals surface area contributed by atoms with E-state index in [2.05, 4.69) is 70.0 Å². The molecule has 154 valence electrons. The molecule has 7 aromatic rings. The van der Waals surface area contributed by atoms with E-state index in [0.717, 1.165) is 0 Å². The van der Waals surface area contributed by atoms with Crippen LogP contribution in [0.25, 0.3) is 57.1 Å². The molecule has 31 heavy (non-hydrogen) atoms. The Labute approximate surface area is 222 Å². The van der Waals surface area contributed by atoms with Crippen molar-refractivity contribution in [1.29, 1.82) is 0 Å². The third-order valence-electron chi connectivity index (χ3n) is 5.42. The van der Waals surface area contributed by atoms with Crippen molar-refractivity contribution in [2.45, 2.75) is 13.8 Å². The van der Waals surface area contributed by atoms with Crippen LogP contribution in [-0.2, 0) is 0 Å². The molecule has 0 radical (unpaired) electrons. The lowest BCUT2D eigenvalue weighted by Crippen LogP contribution is -1.68. The number of thiophene rings is 7. The molecule has 9 heteroatoms. The molecule has 0 saturated carbocycles. The van der Waals surface area contributed by atoms with Gasteiger partial charge in [0.2, 0.25) is 0 Å². The van der Waals surface area contributed by atoms with Crippen molar-refractivity contribution in [2.24, 2.45) is 0 Å². The molecule has 0 amide bonds. The first kappa shape index (κ1) is 20.3. The van der Waals surface area contributed by atoms with Gasteiger partial charge in [-0.3, -0.25) is 0 Å². The fraction of sp³-hybridized carbons (Fsp3) is 0.0909. The van der Waals surface area contributed by atoms with Gasteiger partial charge in [-0.15, -0.1) is 79.4 Å². The minimum absolute atomic E-state index is 1.20. The van der Waals surface area contributed by atoms with Crippen LogP contribution in [0, 0.1) is 13.8 Å². The van der Waals surface area contributed by atoms with Gasteiger partial charge in [0.05, 0.1) is 45.2 Å². The summed E-state index contributed by atoms with van der Waals surface area (Å²) < 4.78 is 14.3. The highest BCUT2D eigenvalue weighted by atomic mass is 79.9. The van der Waals surface area contributed by atoms with Crippen LogP contribution < -0.4 is 0 Å². The summed E-state index contributed by atoms with van der Waals surface area (Å²) in [5.41, 5.74) is 2.88. The zero-order valence-electron chi connectivity index (χ0n) is 15.9. The van der Waals surface area contributed by atoms with Crippen molar-refractivity contribution in [2.75, 3.05) is 0 Å². The number of aryl methyl sites for hydroxylation is 2. The third-order valence-corrected chi connectivity index (χ3v) is 16.4. The van der Waals surface area contributed by atoms with Gasteiger partial charge in [-0.05, 0) is 81.1 Å². The average Bonchev–Trinajstić information content (AvgIpc) is 3.53. The highest BCUT2D eigenvalue weighted by Crippen LogP contribution is 2.57. The van der Waals surface area contributed by atoms with Gasteiger partial charge in [-0.25, -0.2) is 0 Å². The van der Waals surface area contributed by atoms with Gasteiger partial charge in [0.15, 0.2) is 0 Å². The largest absolute Gasteiger partial charge is 0.132 e. The van der Waals surface area contributed by atoms with Crippen LogP contribution in [0.4, 0.5) is 0 Å². The quantitative estimate of drug-likeness (QED) is 0.173. The van der Waals surface area contributed by atoms with Gasteiger partial charge in [0.25, 0.3) is 0 Å². The molecule has 7 aromatic heterocycles. The van der Waals surface area contributed by atoms with E-state index in [1.54, 1.807) is 0 Å². The molecule has 0 nitrogen and oxygen atoms in total. The summed E-state index contributed by atoms with van der Waals surface area (Å²) in [5.74, 6) is 0. The first-order chi connectivity index (χ1) is 15.0. The lowest BCUT2D eigenvalue weighted by atomic mass is 10.2. The highest BCUT2D eigenvalue weighted by Gasteiger charge is 2.24. The number of rotatable bonds is 2. The Morgan fingerprint density at radius 3 is 1.16 bits per heavy atom. The maximum Gasteiger partial charge on any atom is 0.0705 e. The summed E-state index contributed by atoms with van der Waals surface area (Å²) >= 11 is 20.9. The molecule has 0 spiro atoms. The van der Waals surface area contributed by atoms with Crippen molar-refractivity contribution in [3.8, 4) is 19.5 Å². The molecule has 0 aliphatic heterocycles. The predicted octanol–water partition coefficient (Wildman–Crippen LogP) is 12.2. The zero-order chi connectivity index (χ0) is 21.0. The summed E-state index contributed by atoms with van der Waals surface area (Å²) in [6.45, 7) is 4.59. The van der Waals surface area contributed by atoms with Gasteiger partial charge in [-0.1, -0.05) is 0 Å². The fourth-order valence-electron chi connectivity index (χ4n) is 3.97. The Kier molecular flexibility index (Phi) is 4.71. The summed E-state index contributed by atoms with van der Waals surface area (Å²) in [6.07, 6.45) is 0. The molecule has 7 rings (SSSR count). The predicted molar refractivity (Wildman–Crippen MR) is 157 cm³/mol. The summed E-state index contributed by atoms with van der Waals surface area (Å²) in [5, 5.41) is 0. The maximum absolute atomic E-state index is 3.62. The van der Waals surface area contributed by atoms with E-state index in [1.165, 1.54) is 75.8 Å². The molecule has 0 fully saturated rings.